The first kappa shape index (κ1) is 22.8. The van der Waals surface area contributed by atoms with Crippen LogP contribution in [0.3, 0.4) is 0 Å². The third kappa shape index (κ3) is 4.84. The Balaban J connectivity index is 1.73. The number of halogens is 3. The Morgan fingerprint density at radius 1 is 0.970 bits per heavy atom. The second kappa shape index (κ2) is 9.21. The fourth-order valence-corrected chi connectivity index (χ4v) is 4.01. The van der Waals surface area contributed by atoms with E-state index in [-0.39, 0.29) is 29.8 Å². The number of carbonyl (C=O) groups excluding carboxylic acids is 2. The second-order valence-electron chi connectivity index (χ2n) is 7.58. The molecule has 9 heteroatoms. The minimum absolute atomic E-state index is 0.0367. The molecule has 4 rings (SSSR count). The zero-order valence-corrected chi connectivity index (χ0v) is 18.5. The van der Waals surface area contributed by atoms with E-state index in [1.807, 2.05) is 0 Å². The molecule has 0 bridgehead atoms. The predicted octanol–water partition coefficient (Wildman–Crippen LogP) is 5.04. The molecule has 0 saturated carbocycles. The lowest BCUT2D eigenvalue weighted by atomic mass is 10.0. The van der Waals surface area contributed by atoms with Gasteiger partial charge in [-0.2, -0.15) is 0 Å². The molecule has 1 heterocycles. The van der Waals surface area contributed by atoms with E-state index in [9.17, 15) is 18.8 Å². The van der Waals surface area contributed by atoms with Crippen molar-refractivity contribution in [3.8, 4) is 0 Å². The Kier molecular flexibility index (Phi) is 6.35. The van der Waals surface area contributed by atoms with Crippen LogP contribution in [0.15, 0.2) is 60.7 Å². The second-order valence-corrected chi connectivity index (χ2v) is 8.40. The molecule has 1 atom stereocenters. The smallest absolute Gasteiger partial charge is 0.335 e. The highest BCUT2D eigenvalue weighted by molar-refractivity contribution is 6.42. The SMILES string of the molecule is O=C(O)c1ccc(CN2C(=O)c3ccc(F)cc3NC(=O)[C@H]2Cc2ccc(Cl)c(Cl)c2)cc1. The summed E-state index contributed by atoms with van der Waals surface area (Å²) < 4.78 is 13.8. The molecular weight excluding hydrogens is 470 g/mol. The maximum absolute atomic E-state index is 13.8. The Morgan fingerprint density at radius 2 is 1.67 bits per heavy atom. The zero-order chi connectivity index (χ0) is 23.7. The first-order chi connectivity index (χ1) is 15.7. The van der Waals surface area contributed by atoms with Crippen LogP contribution < -0.4 is 5.32 Å². The molecule has 1 aliphatic rings. The van der Waals surface area contributed by atoms with Gasteiger partial charge < -0.3 is 15.3 Å². The molecule has 3 aromatic rings. The Morgan fingerprint density at radius 3 is 2.33 bits per heavy atom. The van der Waals surface area contributed by atoms with Crippen molar-refractivity contribution in [3.63, 3.8) is 0 Å². The number of carbonyl (C=O) groups is 3. The van der Waals surface area contributed by atoms with Gasteiger partial charge in [-0.25, -0.2) is 9.18 Å². The summed E-state index contributed by atoms with van der Waals surface area (Å²) in [6, 6.07) is 13.6. The highest BCUT2D eigenvalue weighted by Crippen LogP contribution is 2.29. The van der Waals surface area contributed by atoms with E-state index in [1.54, 1.807) is 30.3 Å². The minimum Gasteiger partial charge on any atom is -0.478 e. The molecule has 33 heavy (non-hydrogen) atoms. The summed E-state index contributed by atoms with van der Waals surface area (Å²) in [6.45, 7) is 0.0367. The van der Waals surface area contributed by atoms with Crippen LogP contribution in [0, 0.1) is 5.82 Å². The lowest BCUT2D eigenvalue weighted by molar-refractivity contribution is -0.120. The van der Waals surface area contributed by atoms with E-state index in [2.05, 4.69) is 5.32 Å². The summed E-state index contributed by atoms with van der Waals surface area (Å²) >= 11 is 12.1. The highest BCUT2D eigenvalue weighted by Gasteiger charge is 2.35. The molecule has 1 aliphatic heterocycles. The van der Waals surface area contributed by atoms with Crippen molar-refractivity contribution >= 4 is 46.7 Å². The number of hydrogen-bond donors (Lipinski definition) is 2. The Bertz CT molecular complexity index is 1260. The molecule has 3 aromatic carbocycles. The number of fused-ring (bicyclic) bond motifs is 1. The van der Waals surface area contributed by atoms with Gasteiger partial charge in [0.05, 0.1) is 26.9 Å². The Labute approximate surface area is 198 Å². The van der Waals surface area contributed by atoms with Crippen molar-refractivity contribution in [2.24, 2.45) is 0 Å². The van der Waals surface area contributed by atoms with Crippen molar-refractivity contribution in [3.05, 3.63) is 98.8 Å². The van der Waals surface area contributed by atoms with Gasteiger partial charge in [-0.05, 0) is 53.6 Å². The molecule has 2 amide bonds. The number of aromatic carboxylic acids is 1. The van der Waals surface area contributed by atoms with Gasteiger partial charge in [-0.1, -0.05) is 41.4 Å². The van der Waals surface area contributed by atoms with E-state index in [0.29, 0.717) is 21.2 Å². The van der Waals surface area contributed by atoms with Crippen molar-refractivity contribution in [1.29, 1.82) is 0 Å². The number of benzene rings is 3. The van der Waals surface area contributed by atoms with Gasteiger partial charge in [-0.15, -0.1) is 0 Å². The quantitative estimate of drug-likeness (QED) is 0.528. The highest BCUT2D eigenvalue weighted by atomic mass is 35.5. The van der Waals surface area contributed by atoms with Crippen LogP contribution in [0.2, 0.25) is 10.0 Å². The maximum atomic E-state index is 13.8. The molecular formula is C24H17Cl2FN2O4. The van der Waals surface area contributed by atoms with Crippen molar-refractivity contribution in [2.75, 3.05) is 5.32 Å². The third-order valence-corrected chi connectivity index (χ3v) is 6.12. The molecule has 0 radical (unpaired) electrons. The monoisotopic (exact) mass is 486 g/mol. The summed E-state index contributed by atoms with van der Waals surface area (Å²) in [5.41, 5.74) is 1.66. The minimum atomic E-state index is -1.07. The molecule has 6 nitrogen and oxygen atoms in total. The molecule has 0 unspecified atom stereocenters. The lowest BCUT2D eigenvalue weighted by Gasteiger charge is -2.29. The molecule has 168 valence electrons. The fourth-order valence-electron chi connectivity index (χ4n) is 3.68. The molecule has 0 saturated heterocycles. The van der Waals surface area contributed by atoms with Crippen molar-refractivity contribution in [2.45, 2.75) is 19.0 Å². The Hall–Kier alpha value is -3.42. The summed E-state index contributed by atoms with van der Waals surface area (Å²) in [5.74, 6) is -2.60. The number of amides is 2. The molecule has 0 spiro atoms. The van der Waals surface area contributed by atoms with E-state index in [0.717, 1.165) is 12.1 Å². The molecule has 0 aliphatic carbocycles. The summed E-state index contributed by atoms with van der Waals surface area (Å²) in [4.78, 5) is 39.2. The number of carboxylic acids is 1. The van der Waals surface area contributed by atoms with Crippen molar-refractivity contribution in [1.82, 2.24) is 4.90 Å². The number of anilines is 1. The van der Waals surface area contributed by atoms with Gasteiger partial charge in [-0.3, -0.25) is 9.59 Å². The van der Waals surface area contributed by atoms with Gasteiger partial charge in [0.25, 0.3) is 5.91 Å². The largest absolute Gasteiger partial charge is 0.478 e. The number of nitrogens with zero attached hydrogens (tertiary/aromatic N) is 1. The van der Waals surface area contributed by atoms with E-state index < -0.39 is 29.6 Å². The van der Waals surface area contributed by atoms with Gasteiger partial charge in [0.15, 0.2) is 0 Å². The van der Waals surface area contributed by atoms with Crippen LogP contribution in [-0.4, -0.2) is 33.8 Å². The molecule has 0 fully saturated rings. The average molecular weight is 487 g/mol. The van der Waals surface area contributed by atoms with Gasteiger partial charge in [0.1, 0.15) is 11.9 Å². The van der Waals surface area contributed by atoms with Crippen molar-refractivity contribution < 1.29 is 23.9 Å². The van der Waals surface area contributed by atoms with Gasteiger partial charge in [0, 0.05) is 13.0 Å². The topological polar surface area (TPSA) is 86.7 Å². The normalized spacial score (nSPS) is 15.6. The van der Waals surface area contributed by atoms with E-state index in [4.69, 9.17) is 28.3 Å². The third-order valence-electron chi connectivity index (χ3n) is 5.38. The number of hydrogen-bond acceptors (Lipinski definition) is 3. The van der Waals surface area contributed by atoms with E-state index >= 15 is 0 Å². The van der Waals surface area contributed by atoms with E-state index in [1.165, 1.54) is 23.1 Å². The zero-order valence-electron chi connectivity index (χ0n) is 17.0. The standard InChI is InChI=1S/C24H17Cl2FN2O4/c25-18-8-3-14(9-19(18)26)10-21-22(30)28-20-11-16(27)6-7-17(20)23(31)29(21)12-13-1-4-15(5-2-13)24(32)33/h1-9,11,21H,10,12H2,(H,28,30)(H,32,33)/t21-/m1/s1. The van der Waals surface area contributed by atoms with Crippen LogP contribution in [0.1, 0.15) is 31.8 Å². The maximum Gasteiger partial charge on any atom is 0.335 e. The first-order valence-corrected chi connectivity index (χ1v) is 10.7. The number of nitrogens with one attached hydrogen (secondary N) is 1. The van der Waals surface area contributed by atoms with Gasteiger partial charge >= 0.3 is 5.97 Å². The van der Waals surface area contributed by atoms with Crippen LogP contribution >= 0.6 is 23.2 Å². The summed E-state index contributed by atoms with van der Waals surface area (Å²) in [5, 5.41) is 12.5. The van der Waals surface area contributed by atoms with Crippen LogP contribution in [-0.2, 0) is 17.8 Å². The number of rotatable bonds is 5. The van der Waals surface area contributed by atoms with Gasteiger partial charge in [0.2, 0.25) is 5.91 Å². The fraction of sp³-hybridized carbons (Fsp3) is 0.125. The van der Waals surface area contributed by atoms with Crippen LogP contribution in [0.25, 0.3) is 0 Å². The predicted molar refractivity (Wildman–Crippen MR) is 122 cm³/mol. The van der Waals surface area contributed by atoms with Crippen LogP contribution in [0.5, 0.6) is 0 Å². The summed E-state index contributed by atoms with van der Waals surface area (Å²) in [6.07, 6.45) is 0.137. The number of carboxylic acid groups (broad SMARTS) is 1. The average Bonchev–Trinajstić information content (AvgIpc) is 2.86. The van der Waals surface area contributed by atoms with Crippen LogP contribution in [0.4, 0.5) is 10.1 Å². The first-order valence-electron chi connectivity index (χ1n) is 9.90. The lowest BCUT2D eigenvalue weighted by Crippen LogP contribution is -2.46. The summed E-state index contributed by atoms with van der Waals surface area (Å²) in [7, 11) is 0. The molecule has 0 aromatic heterocycles. The molecule has 2 N–H and O–H groups in total.